The Morgan fingerprint density at radius 3 is 1.58 bits per heavy atom. The van der Waals surface area contributed by atoms with Crippen LogP contribution in [-0.4, -0.2) is 66.5 Å². The molecule has 1 aliphatic heterocycles. The maximum atomic E-state index is 13.1. The van der Waals surface area contributed by atoms with Crippen molar-refractivity contribution in [2.75, 3.05) is 42.4 Å². The van der Waals surface area contributed by atoms with E-state index in [9.17, 15) is 26.4 Å². The first-order valence-corrected chi connectivity index (χ1v) is 16.6. The zero-order valence-corrected chi connectivity index (χ0v) is 25.4. The SMILES string of the molecule is CCOc1ccc(S(=O)(=O)Nc2cc(NS(=O)(=O)c3ccc(OCC)cc3)cc(C(=O)OCC(=O)N3CCCC3)c2)cc1. The molecule has 0 atom stereocenters. The van der Waals surface area contributed by atoms with Crippen molar-refractivity contribution in [1.82, 2.24) is 4.90 Å². The lowest BCUT2D eigenvalue weighted by Crippen LogP contribution is -2.32. The van der Waals surface area contributed by atoms with Crippen LogP contribution in [0.5, 0.6) is 11.5 Å². The summed E-state index contributed by atoms with van der Waals surface area (Å²) in [6.45, 7) is 5.07. The fraction of sp³-hybridized carbons (Fsp3) is 0.310. The van der Waals surface area contributed by atoms with E-state index in [0.29, 0.717) is 37.8 Å². The molecule has 1 fully saturated rings. The lowest BCUT2D eigenvalue weighted by molar-refractivity contribution is -0.133. The Bertz CT molecular complexity index is 1550. The minimum absolute atomic E-state index is 0.0864. The molecule has 0 aromatic heterocycles. The van der Waals surface area contributed by atoms with Crippen LogP contribution in [0.4, 0.5) is 11.4 Å². The molecule has 0 spiro atoms. The average molecular weight is 632 g/mol. The highest BCUT2D eigenvalue weighted by molar-refractivity contribution is 7.93. The second-order valence-electron chi connectivity index (χ2n) is 9.48. The van der Waals surface area contributed by atoms with Crippen molar-refractivity contribution in [2.24, 2.45) is 0 Å². The van der Waals surface area contributed by atoms with Crippen molar-refractivity contribution < 1.29 is 40.6 Å². The normalized spacial score (nSPS) is 13.3. The number of ether oxygens (including phenoxy) is 3. The lowest BCUT2D eigenvalue weighted by atomic mass is 10.2. The number of carbonyl (C=O) groups is 2. The van der Waals surface area contributed by atoms with Gasteiger partial charge in [0.15, 0.2) is 6.61 Å². The Balaban J connectivity index is 1.61. The number of carbonyl (C=O) groups excluding carboxylic acids is 2. The quantitative estimate of drug-likeness (QED) is 0.267. The Labute approximate surface area is 251 Å². The van der Waals surface area contributed by atoms with Gasteiger partial charge in [0.2, 0.25) is 0 Å². The van der Waals surface area contributed by atoms with Crippen LogP contribution in [0.15, 0.2) is 76.5 Å². The molecule has 0 unspecified atom stereocenters. The van der Waals surface area contributed by atoms with Crippen LogP contribution < -0.4 is 18.9 Å². The number of anilines is 2. The average Bonchev–Trinajstić information content (AvgIpc) is 3.51. The fourth-order valence-electron chi connectivity index (χ4n) is 4.32. The maximum Gasteiger partial charge on any atom is 0.338 e. The molecule has 0 saturated carbocycles. The monoisotopic (exact) mass is 631 g/mol. The Hall–Kier alpha value is -4.30. The lowest BCUT2D eigenvalue weighted by Gasteiger charge is -2.16. The molecule has 0 bridgehead atoms. The van der Waals surface area contributed by atoms with Crippen LogP contribution >= 0.6 is 0 Å². The van der Waals surface area contributed by atoms with Gasteiger partial charge < -0.3 is 19.1 Å². The number of benzene rings is 3. The molecule has 1 amide bonds. The van der Waals surface area contributed by atoms with E-state index in [1.807, 2.05) is 0 Å². The standard InChI is InChI=1S/C29H33N3O9S2/c1-3-39-24-7-11-26(12-8-24)42(35,36)30-22-17-21(29(34)41-20-28(33)32-15-5-6-16-32)18-23(19-22)31-43(37,38)27-13-9-25(10-14-27)40-4-2/h7-14,17-19,30-31H,3-6,15-16,20H2,1-2H3. The van der Waals surface area contributed by atoms with E-state index in [4.69, 9.17) is 14.2 Å². The molecule has 14 heteroatoms. The van der Waals surface area contributed by atoms with E-state index in [2.05, 4.69) is 9.44 Å². The van der Waals surface area contributed by atoms with Gasteiger partial charge in [0.25, 0.3) is 26.0 Å². The topological polar surface area (TPSA) is 157 Å². The van der Waals surface area contributed by atoms with Crippen molar-refractivity contribution in [1.29, 1.82) is 0 Å². The summed E-state index contributed by atoms with van der Waals surface area (Å²) in [6.07, 6.45) is 1.74. The largest absolute Gasteiger partial charge is 0.494 e. The van der Waals surface area contributed by atoms with E-state index in [1.54, 1.807) is 18.7 Å². The number of hydrogen-bond donors (Lipinski definition) is 2. The molecule has 0 radical (unpaired) electrons. The molecule has 230 valence electrons. The van der Waals surface area contributed by atoms with Gasteiger partial charge in [-0.15, -0.1) is 0 Å². The third kappa shape index (κ3) is 8.38. The summed E-state index contributed by atoms with van der Waals surface area (Å²) in [5.74, 6) is -0.313. The smallest absolute Gasteiger partial charge is 0.338 e. The molecule has 0 aliphatic carbocycles. The van der Waals surface area contributed by atoms with Crippen molar-refractivity contribution in [3.05, 3.63) is 72.3 Å². The highest BCUT2D eigenvalue weighted by Crippen LogP contribution is 2.26. The van der Waals surface area contributed by atoms with Crippen molar-refractivity contribution >= 4 is 43.3 Å². The summed E-state index contributed by atoms with van der Waals surface area (Å²) in [5.41, 5.74) is -0.400. The molecular formula is C29H33N3O9S2. The first-order valence-electron chi connectivity index (χ1n) is 13.6. The Morgan fingerprint density at radius 1 is 0.721 bits per heavy atom. The van der Waals surface area contributed by atoms with Gasteiger partial charge in [-0.3, -0.25) is 14.2 Å². The number of rotatable bonds is 13. The number of sulfonamides is 2. The second-order valence-corrected chi connectivity index (χ2v) is 12.8. The van der Waals surface area contributed by atoms with Crippen LogP contribution in [0.2, 0.25) is 0 Å². The predicted octanol–water partition coefficient (Wildman–Crippen LogP) is 3.86. The zero-order valence-electron chi connectivity index (χ0n) is 23.7. The zero-order chi connectivity index (χ0) is 31.0. The number of likely N-dealkylation sites (tertiary alicyclic amines) is 1. The van der Waals surface area contributed by atoms with E-state index in [1.165, 1.54) is 66.7 Å². The minimum atomic E-state index is -4.16. The molecule has 1 heterocycles. The third-order valence-corrected chi connectivity index (χ3v) is 9.14. The van der Waals surface area contributed by atoms with E-state index in [-0.39, 0.29) is 32.6 Å². The van der Waals surface area contributed by atoms with E-state index >= 15 is 0 Å². The highest BCUT2D eigenvalue weighted by atomic mass is 32.2. The summed E-state index contributed by atoms with van der Waals surface area (Å²) < 4.78 is 73.3. The van der Waals surface area contributed by atoms with Crippen LogP contribution in [0, 0.1) is 0 Å². The van der Waals surface area contributed by atoms with Crippen molar-refractivity contribution in [3.63, 3.8) is 0 Å². The molecular weight excluding hydrogens is 598 g/mol. The summed E-state index contributed by atoms with van der Waals surface area (Å²) in [5, 5.41) is 0. The van der Waals surface area contributed by atoms with Gasteiger partial charge in [0.1, 0.15) is 11.5 Å². The van der Waals surface area contributed by atoms with Gasteiger partial charge in [-0.25, -0.2) is 21.6 Å². The van der Waals surface area contributed by atoms with Crippen LogP contribution in [-0.2, 0) is 29.6 Å². The van der Waals surface area contributed by atoms with Gasteiger partial charge in [0.05, 0.1) is 39.9 Å². The van der Waals surface area contributed by atoms with Gasteiger partial charge in [-0.05, 0) is 93.4 Å². The Kier molecular flexibility index (Phi) is 10.1. The van der Waals surface area contributed by atoms with E-state index < -0.39 is 32.6 Å². The van der Waals surface area contributed by atoms with Crippen molar-refractivity contribution in [2.45, 2.75) is 36.5 Å². The summed E-state index contributed by atoms with van der Waals surface area (Å²) in [6, 6.07) is 15.0. The number of esters is 1. The fourth-order valence-corrected chi connectivity index (χ4v) is 6.40. The molecule has 3 aromatic rings. The number of amides is 1. The van der Waals surface area contributed by atoms with Crippen LogP contribution in [0.25, 0.3) is 0 Å². The number of hydrogen-bond acceptors (Lipinski definition) is 9. The van der Waals surface area contributed by atoms with Crippen molar-refractivity contribution in [3.8, 4) is 11.5 Å². The minimum Gasteiger partial charge on any atom is -0.494 e. The molecule has 12 nitrogen and oxygen atoms in total. The second kappa shape index (κ2) is 13.8. The number of nitrogens with one attached hydrogen (secondary N) is 2. The molecule has 3 aromatic carbocycles. The summed E-state index contributed by atoms with van der Waals surface area (Å²) in [7, 11) is -8.31. The number of nitrogens with zero attached hydrogens (tertiary/aromatic N) is 1. The first kappa shape index (κ1) is 31.6. The summed E-state index contributed by atoms with van der Waals surface area (Å²) >= 11 is 0. The highest BCUT2D eigenvalue weighted by Gasteiger charge is 2.22. The van der Waals surface area contributed by atoms with Crippen LogP contribution in [0.3, 0.4) is 0 Å². The van der Waals surface area contributed by atoms with E-state index in [0.717, 1.165) is 12.8 Å². The predicted molar refractivity (Wildman–Crippen MR) is 159 cm³/mol. The molecule has 1 saturated heterocycles. The van der Waals surface area contributed by atoms with Crippen LogP contribution in [0.1, 0.15) is 37.0 Å². The molecule has 2 N–H and O–H groups in total. The van der Waals surface area contributed by atoms with Gasteiger partial charge >= 0.3 is 5.97 Å². The van der Waals surface area contributed by atoms with Gasteiger partial charge in [-0.2, -0.15) is 0 Å². The van der Waals surface area contributed by atoms with Gasteiger partial charge in [-0.1, -0.05) is 0 Å². The first-order chi connectivity index (χ1) is 20.5. The summed E-state index contributed by atoms with van der Waals surface area (Å²) in [4.78, 5) is 26.8. The third-order valence-electron chi connectivity index (χ3n) is 6.35. The molecule has 43 heavy (non-hydrogen) atoms. The molecule has 1 aliphatic rings. The van der Waals surface area contributed by atoms with Gasteiger partial charge in [0, 0.05) is 13.1 Å². The molecule has 4 rings (SSSR count). The Morgan fingerprint density at radius 2 is 1.16 bits per heavy atom. The maximum absolute atomic E-state index is 13.1.